The Hall–Kier alpha value is -2.01. The van der Waals surface area contributed by atoms with E-state index in [2.05, 4.69) is 10.9 Å². The van der Waals surface area contributed by atoms with Crippen molar-refractivity contribution in [1.82, 2.24) is 4.98 Å². The van der Waals surface area contributed by atoms with Gasteiger partial charge in [-0.3, -0.25) is 4.79 Å². The normalized spacial score (nSPS) is 9.77. The first-order chi connectivity index (χ1) is 6.29. The molecule has 13 heavy (non-hydrogen) atoms. The van der Waals surface area contributed by atoms with Crippen LogP contribution in [0.2, 0.25) is 0 Å². The van der Waals surface area contributed by atoms with Gasteiger partial charge in [0.15, 0.2) is 0 Å². The molecule has 0 bridgehead atoms. The summed E-state index contributed by atoms with van der Waals surface area (Å²) in [5, 5.41) is 0.985. The average molecular weight is 169 g/mol. The fraction of sp³-hybridized carbons (Fsp3) is 0. The Morgan fingerprint density at radius 3 is 2.77 bits per heavy atom. The van der Waals surface area contributed by atoms with Crippen molar-refractivity contribution in [2.75, 3.05) is 0 Å². The fourth-order valence-corrected chi connectivity index (χ4v) is 1.24. The van der Waals surface area contributed by atoms with Crippen LogP contribution in [0.25, 0.3) is 10.9 Å². The molecule has 0 radical (unpaired) electrons. The van der Waals surface area contributed by atoms with Gasteiger partial charge in [-0.25, -0.2) is 0 Å². The number of benzene rings is 1. The standard InChI is InChI=1S/C11H7NO/c1-2-8-3-4-9-5-6-11(13)12-10(9)7-8/h1,3-7H,(H,12,13). The molecule has 0 saturated heterocycles. The van der Waals surface area contributed by atoms with Gasteiger partial charge in [0, 0.05) is 17.1 Å². The van der Waals surface area contributed by atoms with Crippen molar-refractivity contribution in [2.45, 2.75) is 0 Å². The molecule has 0 fully saturated rings. The van der Waals surface area contributed by atoms with Crippen LogP contribution in [0.15, 0.2) is 35.1 Å². The lowest BCUT2D eigenvalue weighted by atomic mass is 10.1. The van der Waals surface area contributed by atoms with E-state index in [1.165, 1.54) is 6.07 Å². The van der Waals surface area contributed by atoms with Gasteiger partial charge >= 0.3 is 0 Å². The zero-order chi connectivity index (χ0) is 9.26. The van der Waals surface area contributed by atoms with E-state index < -0.39 is 0 Å². The fourth-order valence-electron chi connectivity index (χ4n) is 1.24. The molecule has 0 amide bonds. The summed E-state index contributed by atoms with van der Waals surface area (Å²) in [6, 6.07) is 8.80. The van der Waals surface area contributed by atoms with Crippen LogP contribution in [0.4, 0.5) is 0 Å². The number of H-pyrrole nitrogens is 1. The number of aromatic nitrogens is 1. The SMILES string of the molecule is C#Cc1ccc2ccc(=O)[nH]c2c1. The zero-order valence-corrected chi connectivity index (χ0v) is 6.87. The van der Waals surface area contributed by atoms with Gasteiger partial charge in [-0.1, -0.05) is 12.0 Å². The molecule has 62 valence electrons. The third kappa shape index (κ3) is 1.32. The second kappa shape index (κ2) is 2.80. The lowest BCUT2D eigenvalue weighted by Gasteiger charge is -1.96. The summed E-state index contributed by atoms with van der Waals surface area (Å²) in [5.41, 5.74) is 1.44. The van der Waals surface area contributed by atoms with Crippen molar-refractivity contribution >= 4 is 10.9 Å². The van der Waals surface area contributed by atoms with Crippen LogP contribution in [0.5, 0.6) is 0 Å². The van der Waals surface area contributed by atoms with Crippen molar-refractivity contribution in [3.05, 3.63) is 46.2 Å². The van der Waals surface area contributed by atoms with Crippen LogP contribution in [0.1, 0.15) is 5.56 Å². The smallest absolute Gasteiger partial charge is 0.248 e. The highest BCUT2D eigenvalue weighted by Crippen LogP contribution is 2.10. The van der Waals surface area contributed by atoms with Crippen LogP contribution in [0.3, 0.4) is 0 Å². The van der Waals surface area contributed by atoms with Crippen molar-refractivity contribution in [1.29, 1.82) is 0 Å². The van der Waals surface area contributed by atoms with Crippen molar-refractivity contribution in [3.8, 4) is 12.3 Å². The first kappa shape index (κ1) is 7.63. The molecule has 1 N–H and O–H groups in total. The predicted molar refractivity (Wildman–Crippen MR) is 52.5 cm³/mol. The van der Waals surface area contributed by atoms with E-state index in [0.717, 1.165) is 16.5 Å². The van der Waals surface area contributed by atoms with Gasteiger partial charge in [-0.2, -0.15) is 0 Å². The monoisotopic (exact) mass is 169 g/mol. The highest BCUT2D eigenvalue weighted by atomic mass is 16.1. The van der Waals surface area contributed by atoms with Crippen LogP contribution < -0.4 is 5.56 Å². The molecule has 0 aliphatic carbocycles. The molecule has 2 heteroatoms. The average Bonchev–Trinajstić information content (AvgIpc) is 2.16. The van der Waals surface area contributed by atoms with E-state index in [9.17, 15) is 4.79 Å². The molecule has 0 aliphatic rings. The summed E-state index contributed by atoms with van der Waals surface area (Å²) in [6.07, 6.45) is 5.24. The van der Waals surface area contributed by atoms with E-state index in [0.29, 0.717) is 0 Å². The van der Waals surface area contributed by atoms with E-state index in [4.69, 9.17) is 6.42 Å². The maximum absolute atomic E-state index is 11.0. The highest BCUT2D eigenvalue weighted by molar-refractivity contribution is 5.79. The predicted octanol–water partition coefficient (Wildman–Crippen LogP) is 1.51. The molecule has 2 rings (SSSR count). The minimum Gasteiger partial charge on any atom is -0.322 e. The van der Waals surface area contributed by atoms with Gasteiger partial charge in [0.2, 0.25) is 5.56 Å². The van der Waals surface area contributed by atoms with E-state index in [1.807, 2.05) is 12.1 Å². The van der Waals surface area contributed by atoms with Crippen molar-refractivity contribution < 1.29 is 0 Å². The van der Waals surface area contributed by atoms with Gasteiger partial charge < -0.3 is 4.98 Å². The quantitative estimate of drug-likeness (QED) is 0.596. The second-order valence-corrected chi connectivity index (χ2v) is 2.77. The van der Waals surface area contributed by atoms with E-state index in [-0.39, 0.29) is 5.56 Å². The Morgan fingerprint density at radius 2 is 2.00 bits per heavy atom. The zero-order valence-electron chi connectivity index (χ0n) is 6.87. The maximum Gasteiger partial charge on any atom is 0.248 e. The number of terminal acetylenes is 1. The Labute approximate surface area is 75.2 Å². The lowest BCUT2D eigenvalue weighted by molar-refractivity contribution is 1.31. The van der Waals surface area contributed by atoms with Crippen LogP contribution in [-0.2, 0) is 0 Å². The number of aromatic amines is 1. The molecule has 0 aliphatic heterocycles. The van der Waals surface area contributed by atoms with Crippen LogP contribution in [0, 0.1) is 12.3 Å². The number of rotatable bonds is 0. The number of pyridine rings is 1. The molecule has 1 aromatic carbocycles. The molecule has 2 nitrogen and oxygen atoms in total. The maximum atomic E-state index is 11.0. The lowest BCUT2D eigenvalue weighted by Crippen LogP contribution is -2.02. The largest absolute Gasteiger partial charge is 0.322 e. The van der Waals surface area contributed by atoms with Gasteiger partial charge in [0.1, 0.15) is 0 Å². The minimum absolute atomic E-state index is 0.110. The summed E-state index contributed by atoms with van der Waals surface area (Å²) in [4.78, 5) is 13.7. The number of nitrogens with one attached hydrogen (secondary N) is 1. The third-order valence-electron chi connectivity index (χ3n) is 1.89. The van der Waals surface area contributed by atoms with Crippen molar-refractivity contribution in [2.24, 2.45) is 0 Å². The molecular weight excluding hydrogens is 162 g/mol. The molecule has 1 heterocycles. The summed E-state index contributed by atoms with van der Waals surface area (Å²) in [5.74, 6) is 2.52. The van der Waals surface area contributed by atoms with Crippen LogP contribution >= 0.6 is 0 Å². The Morgan fingerprint density at radius 1 is 1.23 bits per heavy atom. The highest BCUT2D eigenvalue weighted by Gasteiger charge is 1.94. The summed E-state index contributed by atoms with van der Waals surface area (Å²) in [6.45, 7) is 0. The van der Waals surface area contributed by atoms with Gasteiger partial charge in [0.25, 0.3) is 0 Å². The van der Waals surface area contributed by atoms with Crippen molar-refractivity contribution in [3.63, 3.8) is 0 Å². The molecule has 0 atom stereocenters. The first-order valence-corrected chi connectivity index (χ1v) is 3.89. The Kier molecular flexibility index (Phi) is 1.64. The Balaban J connectivity index is 2.84. The molecule has 0 spiro atoms. The van der Waals surface area contributed by atoms with Gasteiger partial charge in [-0.15, -0.1) is 6.42 Å². The molecular formula is C11H7NO. The number of fused-ring (bicyclic) bond motifs is 1. The molecule has 2 aromatic rings. The van der Waals surface area contributed by atoms with E-state index >= 15 is 0 Å². The molecule has 1 aromatic heterocycles. The minimum atomic E-state index is -0.110. The van der Waals surface area contributed by atoms with Gasteiger partial charge in [0.05, 0.1) is 0 Å². The van der Waals surface area contributed by atoms with Crippen LogP contribution in [-0.4, -0.2) is 4.98 Å². The van der Waals surface area contributed by atoms with Gasteiger partial charge in [-0.05, 0) is 23.6 Å². The molecule has 0 unspecified atom stereocenters. The number of hydrogen-bond acceptors (Lipinski definition) is 1. The van der Waals surface area contributed by atoms with E-state index in [1.54, 1.807) is 12.1 Å². The molecule has 0 saturated carbocycles. The second-order valence-electron chi connectivity index (χ2n) is 2.77. The summed E-state index contributed by atoms with van der Waals surface area (Å²) in [7, 11) is 0. The Bertz CT molecular complexity index is 546. The summed E-state index contributed by atoms with van der Waals surface area (Å²) < 4.78 is 0. The summed E-state index contributed by atoms with van der Waals surface area (Å²) >= 11 is 0. The first-order valence-electron chi connectivity index (χ1n) is 3.89. The topological polar surface area (TPSA) is 32.9 Å². The third-order valence-corrected chi connectivity index (χ3v) is 1.89. The number of hydrogen-bond donors (Lipinski definition) is 1.